The van der Waals surface area contributed by atoms with Crippen molar-refractivity contribution in [3.63, 3.8) is 0 Å². The van der Waals surface area contributed by atoms with Crippen molar-refractivity contribution in [2.75, 3.05) is 10.5 Å². The maximum atomic E-state index is 12.3. The molecule has 1 aromatic carbocycles. The van der Waals surface area contributed by atoms with Crippen LogP contribution in [0.2, 0.25) is 5.15 Å². The van der Waals surface area contributed by atoms with E-state index >= 15 is 0 Å². The molecule has 108 valence electrons. The minimum atomic E-state index is -3.91. The summed E-state index contributed by atoms with van der Waals surface area (Å²) in [5.74, 6) is -0.178. The van der Waals surface area contributed by atoms with Gasteiger partial charge < -0.3 is 10.7 Å². The number of hydrogen-bond donors (Lipinski definition) is 3. The summed E-state index contributed by atoms with van der Waals surface area (Å²) in [5.41, 5.74) is 6.47. The van der Waals surface area contributed by atoms with Crippen molar-refractivity contribution in [2.45, 2.75) is 4.90 Å². The quantitative estimate of drug-likeness (QED) is 0.493. The van der Waals surface area contributed by atoms with E-state index in [9.17, 15) is 8.42 Å². The number of rotatable bonds is 3. The van der Waals surface area contributed by atoms with E-state index in [1.807, 2.05) is 0 Å². The zero-order chi connectivity index (χ0) is 15.0. The molecule has 2 aromatic heterocycles. The van der Waals surface area contributed by atoms with Crippen LogP contribution in [0.4, 0.5) is 11.6 Å². The Balaban J connectivity index is 2.03. The fourth-order valence-electron chi connectivity index (χ4n) is 1.74. The number of benzene rings is 1. The number of nitrogens with two attached hydrogens (primary N) is 1. The van der Waals surface area contributed by atoms with Gasteiger partial charge in [0.25, 0.3) is 10.0 Å². The molecule has 0 atom stereocenters. The van der Waals surface area contributed by atoms with Crippen LogP contribution in [0.1, 0.15) is 0 Å². The molecule has 3 aromatic rings. The zero-order valence-corrected chi connectivity index (χ0v) is 12.0. The van der Waals surface area contributed by atoms with Crippen LogP contribution in [0.25, 0.3) is 11.2 Å². The van der Waals surface area contributed by atoms with Gasteiger partial charge >= 0.3 is 0 Å². The molecule has 0 unspecified atom stereocenters. The number of nitrogens with one attached hydrogen (secondary N) is 2. The van der Waals surface area contributed by atoms with Gasteiger partial charge in [0.1, 0.15) is 10.4 Å². The summed E-state index contributed by atoms with van der Waals surface area (Å²) in [7, 11) is -3.91. The average Bonchev–Trinajstić information content (AvgIpc) is 2.87. The Morgan fingerprint density at radius 2 is 2.00 bits per heavy atom. The lowest BCUT2D eigenvalue weighted by atomic mass is 10.3. The first-order valence-corrected chi connectivity index (χ1v) is 7.57. The number of nitrogen functional groups attached to an aromatic ring is 1. The van der Waals surface area contributed by atoms with Crippen LogP contribution in [-0.2, 0) is 10.0 Å². The minimum Gasteiger partial charge on any atom is -0.398 e. The number of aromatic amines is 1. The van der Waals surface area contributed by atoms with Gasteiger partial charge in [0.2, 0.25) is 5.95 Å². The third kappa shape index (κ3) is 2.48. The van der Waals surface area contributed by atoms with Crippen LogP contribution in [-0.4, -0.2) is 28.4 Å². The number of nitrogens with zero attached hydrogens (tertiary/aromatic N) is 3. The lowest BCUT2D eigenvalue weighted by Crippen LogP contribution is -2.16. The predicted octanol–water partition coefficient (Wildman–Crippen LogP) is 1.39. The molecule has 0 aliphatic heterocycles. The molecular weight excluding hydrogens is 316 g/mol. The van der Waals surface area contributed by atoms with E-state index < -0.39 is 10.0 Å². The number of halogens is 1. The van der Waals surface area contributed by atoms with E-state index in [2.05, 4.69) is 24.7 Å². The standard InChI is InChI=1S/C11H9ClN6O2S/c12-9-8-10(15-5-14-8)17-11(16-9)18-21(19,20)7-4-2-1-3-6(7)13/h1-5H,13H2,(H2,14,15,16,17,18). The normalized spacial score (nSPS) is 11.7. The van der Waals surface area contributed by atoms with Crippen LogP contribution in [0.3, 0.4) is 0 Å². The number of H-pyrrole nitrogens is 1. The summed E-state index contributed by atoms with van der Waals surface area (Å²) >= 11 is 5.93. The molecule has 21 heavy (non-hydrogen) atoms. The van der Waals surface area contributed by atoms with Gasteiger partial charge in [-0.15, -0.1) is 0 Å². The van der Waals surface area contributed by atoms with Crippen molar-refractivity contribution in [3.05, 3.63) is 35.7 Å². The van der Waals surface area contributed by atoms with Crippen molar-refractivity contribution in [3.8, 4) is 0 Å². The van der Waals surface area contributed by atoms with Crippen molar-refractivity contribution in [1.29, 1.82) is 0 Å². The van der Waals surface area contributed by atoms with Gasteiger partial charge in [0.15, 0.2) is 10.8 Å². The Morgan fingerprint density at radius 3 is 2.76 bits per heavy atom. The topological polar surface area (TPSA) is 127 Å². The number of hydrogen-bond acceptors (Lipinski definition) is 6. The highest BCUT2D eigenvalue weighted by atomic mass is 35.5. The van der Waals surface area contributed by atoms with Gasteiger partial charge in [-0.3, -0.25) is 0 Å². The Hall–Kier alpha value is -2.39. The second kappa shape index (κ2) is 4.86. The van der Waals surface area contributed by atoms with Gasteiger partial charge in [-0.1, -0.05) is 23.7 Å². The van der Waals surface area contributed by atoms with Gasteiger partial charge in [0, 0.05) is 0 Å². The largest absolute Gasteiger partial charge is 0.398 e. The van der Waals surface area contributed by atoms with Gasteiger partial charge in [-0.05, 0) is 12.1 Å². The molecule has 0 amide bonds. The SMILES string of the molecule is Nc1ccccc1S(=O)(=O)Nc1nc(Cl)c2[nH]cnc2n1. The highest BCUT2D eigenvalue weighted by Crippen LogP contribution is 2.22. The smallest absolute Gasteiger partial charge is 0.266 e. The van der Waals surface area contributed by atoms with Crippen LogP contribution < -0.4 is 10.5 Å². The summed E-state index contributed by atoms with van der Waals surface area (Å²) in [5, 5.41) is 0.0660. The van der Waals surface area contributed by atoms with Gasteiger partial charge in [-0.25, -0.2) is 18.1 Å². The molecule has 8 nitrogen and oxygen atoms in total. The number of para-hydroxylation sites is 1. The molecule has 0 aliphatic carbocycles. The van der Waals surface area contributed by atoms with Gasteiger partial charge in [0.05, 0.1) is 12.0 Å². The van der Waals surface area contributed by atoms with Crippen LogP contribution in [0.15, 0.2) is 35.5 Å². The molecule has 2 heterocycles. The molecule has 0 saturated carbocycles. The maximum absolute atomic E-state index is 12.3. The third-order valence-corrected chi connectivity index (χ3v) is 4.35. The summed E-state index contributed by atoms with van der Waals surface area (Å²) in [6, 6.07) is 6.07. The number of aromatic nitrogens is 4. The van der Waals surface area contributed by atoms with E-state index in [0.717, 1.165) is 0 Å². The monoisotopic (exact) mass is 324 g/mol. The number of sulfonamides is 1. The first-order valence-electron chi connectivity index (χ1n) is 5.71. The summed E-state index contributed by atoms with van der Waals surface area (Å²) < 4.78 is 26.8. The van der Waals surface area contributed by atoms with Gasteiger partial charge in [-0.2, -0.15) is 9.97 Å². The molecular formula is C11H9ClN6O2S. The number of fused-ring (bicyclic) bond motifs is 1. The molecule has 0 bridgehead atoms. The second-order valence-electron chi connectivity index (χ2n) is 4.08. The minimum absolute atomic E-state index is 0.0631. The van der Waals surface area contributed by atoms with Crippen molar-refractivity contribution in [1.82, 2.24) is 19.9 Å². The molecule has 0 fully saturated rings. The maximum Gasteiger partial charge on any atom is 0.266 e. The third-order valence-electron chi connectivity index (χ3n) is 2.68. The average molecular weight is 325 g/mol. The highest BCUT2D eigenvalue weighted by molar-refractivity contribution is 7.92. The summed E-state index contributed by atoms with van der Waals surface area (Å²) in [4.78, 5) is 14.4. The Morgan fingerprint density at radius 1 is 1.24 bits per heavy atom. The lowest BCUT2D eigenvalue weighted by Gasteiger charge is -2.08. The molecule has 4 N–H and O–H groups in total. The van der Waals surface area contributed by atoms with Crippen LogP contribution >= 0.6 is 11.6 Å². The molecule has 0 saturated heterocycles. The Labute approximate surface area is 124 Å². The Kier molecular flexibility index (Phi) is 3.15. The summed E-state index contributed by atoms with van der Waals surface area (Å²) in [6.07, 6.45) is 1.39. The van der Waals surface area contributed by atoms with E-state index in [1.54, 1.807) is 12.1 Å². The van der Waals surface area contributed by atoms with Crippen molar-refractivity contribution < 1.29 is 8.42 Å². The first kappa shape index (κ1) is 13.6. The van der Waals surface area contributed by atoms with E-state index in [1.165, 1.54) is 18.5 Å². The molecule has 0 spiro atoms. The fourth-order valence-corrected chi connectivity index (χ4v) is 3.04. The molecule has 10 heteroatoms. The Bertz CT molecular complexity index is 923. The summed E-state index contributed by atoms with van der Waals surface area (Å²) in [6.45, 7) is 0. The predicted molar refractivity (Wildman–Crippen MR) is 78.4 cm³/mol. The second-order valence-corrected chi connectivity index (χ2v) is 6.09. The fraction of sp³-hybridized carbons (Fsp3) is 0. The highest BCUT2D eigenvalue weighted by Gasteiger charge is 2.19. The van der Waals surface area contributed by atoms with E-state index in [-0.39, 0.29) is 27.3 Å². The van der Waals surface area contributed by atoms with Crippen LogP contribution in [0, 0.1) is 0 Å². The number of imidazole rings is 1. The van der Waals surface area contributed by atoms with E-state index in [0.29, 0.717) is 5.52 Å². The van der Waals surface area contributed by atoms with Crippen molar-refractivity contribution >= 4 is 44.4 Å². The molecule has 3 rings (SSSR count). The van der Waals surface area contributed by atoms with E-state index in [4.69, 9.17) is 17.3 Å². The lowest BCUT2D eigenvalue weighted by molar-refractivity contribution is 0.601. The number of anilines is 2. The molecule has 0 radical (unpaired) electrons. The van der Waals surface area contributed by atoms with Crippen LogP contribution in [0.5, 0.6) is 0 Å². The first-order chi connectivity index (χ1) is 9.97. The molecule has 0 aliphatic rings. The van der Waals surface area contributed by atoms with Crippen molar-refractivity contribution in [2.24, 2.45) is 0 Å². The zero-order valence-electron chi connectivity index (χ0n) is 10.4.